The van der Waals surface area contributed by atoms with Crippen molar-refractivity contribution in [1.82, 2.24) is 0 Å². The van der Waals surface area contributed by atoms with Gasteiger partial charge in [0.25, 0.3) is 0 Å². The quantitative estimate of drug-likeness (QED) is 0.570. The van der Waals surface area contributed by atoms with Crippen molar-refractivity contribution in [1.29, 1.82) is 0 Å². The molecule has 0 heterocycles. The number of hydrogen-bond donors (Lipinski definition) is 0. The van der Waals surface area contributed by atoms with Crippen LogP contribution in [-0.2, 0) is 0 Å². The van der Waals surface area contributed by atoms with E-state index in [9.17, 15) is 13.2 Å². The zero-order chi connectivity index (χ0) is 16.4. The molecule has 1 saturated carbocycles. The molecule has 122 valence electrons. The Morgan fingerprint density at radius 1 is 0.826 bits per heavy atom. The lowest BCUT2D eigenvalue weighted by molar-refractivity contribution is 0.319. The smallest absolute Gasteiger partial charge is 0.195 e. The van der Waals surface area contributed by atoms with Crippen molar-refractivity contribution in [3.8, 4) is 11.1 Å². The van der Waals surface area contributed by atoms with E-state index in [-0.39, 0.29) is 5.56 Å². The average molecular weight is 318 g/mol. The fourth-order valence-electron chi connectivity index (χ4n) is 3.59. The minimum Gasteiger partial charge on any atom is -0.204 e. The van der Waals surface area contributed by atoms with E-state index in [2.05, 4.69) is 6.92 Å². The summed E-state index contributed by atoms with van der Waals surface area (Å²) in [5.41, 5.74) is 1.93. The fraction of sp³-hybridized carbons (Fsp3) is 0.400. The summed E-state index contributed by atoms with van der Waals surface area (Å²) >= 11 is 0. The molecule has 0 amide bonds. The molecule has 0 nitrogen and oxygen atoms in total. The van der Waals surface area contributed by atoms with Gasteiger partial charge >= 0.3 is 0 Å². The van der Waals surface area contributed by atoms with Crippen LogP contribution in [0.25, 0.3) is 11.1 Å². The third-order valence-electron chi connectivity index (χ3n) is 5.15. The van der Waals surface area contributed by atoms with Crippen LogP contribution in [0.1, 0.15) is 50.5 Å². The van der Waals surface area contributed by atoms with E-state index in [1.54, 1.807) is 12.1 Å². The van der Waals surface area contributed by atoms with Gasteiger partial charge in [0, 0.05) is 5.56 Å². The van der Waals surface area contributed by atoms with E-state index >= 15 is 0 Å². The lowest BCUT2D eigenvalue weighted by Gasteiger charge is -2.28. The van der Waals surface area contributed by atoms with Gasteiger partial charge in [0.05, 0.1) is 0 Å². The Labute approximate surface area is 135 Å². The highest BCUT2D eigenvalue weighted by Gasteiger charge is 2.21. The van der Waals surface area contributed by atoms with Gasteiger partial charge in [-0.05, 0) is 60.8 Å². The van der Waals surface area contributed by atoms with E-state index in [0.717, 1.165) is 12.0 Å². The summed E-state index contributed by atoms with van der Waals surface area (Å²) in [7, 11) is 0. The lowest BCUT2D eigenvalue weighted by atomic mass is 9.77. The molecular formula is C20H21F3. The van der Waals surface area contributed by atoms with Gasteiger partial charge in [-0.25, -0.2) is 13.2 Å². The monoisotopic (exact) mass is 318 g/mol. The minimum atomic E-state index is -1.41. The molecule has 0 saturated heterocycles. The van der Waals surface area contributed by atoms with E-state index in [0.29, 0.717) is 11.5 Å². The van der Waals surface area contributed by atoms with Gasteiger partial charge in [-0.2, -0.15) is 0 Å². The molecule has 0 aromatic heterocycles. The first-order chi connectivity index (χ1) is 11.1. The second-order valence-electron chi connectivity index (χ2n) is 6.47. The van der Waals surface area contributed by atoms with Crippen LogP contribution in [0.4, 0.5) is 13.2 Å². The van der Waals surface area contributed by atoms with Crippen molar-refractivity contribution in [2.24, 2.45) is 5.92 Å². The van der Waals surface area contributed by atoms with E-state index < -0.39 is 17.5 Å². The Hall–Kier alpha value is -1.77. The average Bonchev–Trinajstić information content (AvgIpc) is 2.60. The van der Waals surface area contributed by atoms with E-state index in [1.807, 2.05) is 12.1 Å². The Balaban J connectivity index is 1.79. The molecule has 0 bridgehead atoms. The van der Waals surface area contributed by atoms with Crippen molar-refractivity contribution in [3.05, 3.63) is 59.4 Å². The van der Waals surface area contributed by atoms with Crippen LogP contribution in [0.5, 0.6) is 0 Å². The molecule has 1 aliphatic rings. The Morgan fingerprint density at radius 2 is 1.48 bits per heavy atom. The van der Waals surface area contributed by atoms with Crippen molar-refractivity contribution in [3.63, 3.8) is 0 Å². The van der Waals surface area contributed by atoms with Crippen LogP contribution in [0, 0.1) is 23.4 Å². The van der Waals surface area contributed by atoms with Crippen LogP contribution < -0.4 is 0 Å². The SMILES string of the molecule is CCC1CCC(c2ccc(-c3ccc(F)c(F)c3F)cc2)CC1. The molecule has 1 aliphatic carbocycles. The van der Waals surface area contributed by atoms with Gasteiger partial charge in [0.1, 0.15) is 0 Å². The number of rotatable bonds is 3. The van der Waals surface area contributed by atoms with Crippen molar-refractivity contribution >= 4 is 0 Å². The summed E-state index contributed by atoms with van der Waals surface area (Å²) < 4.78 is 40.3. The van der Waals surface area contributed by atoms with Crippen molar-refractivity contribution in [2.45, 2.75) is 44.9 Å². The van der Waals surface area contributed by atoms with Crippen molar-refractivity contribution in [2.75, 3.05) is 0 Å². The van der Waals surface area contributed by atoms with Crippen LogP contribution >= 0.6 is 0 Å². The normalized spacial score (nSPS) is 21.4. The molecule has 23 heavy (non-hydrogen) atoms. The minimum absolute atomic E-state index is 0.102. The summed E-state index contributed by atoms with van der Waals surface area (Å²) in [4.78, 5) is 0. The van der Waals surface area contributed by atoms with Crippen LogP contribution in [0.3, 0.4) is 0 Å². The van der Waals surface area contributed by atoms with Gasteiger partial charge in [0.2, 0.25) is 0 Å². The summed E-state index contributed by atoms with van der Waals surface area (Å²) in [5, 5.41) is 0. The van der Waals surface area contributed by atoms with Crippen LogP contribution in [0.15, 0.2) is 36.4 Å². The van der Waals surface area contributed by atoms with E-state index in [4.69, 9.17) is 0 Å². The second-order valence-corrected chi connectivity index (χ2v) is 6.47. The number of hydrogen-bond acceptors (Lipinski definition) is 0. The molecule has 2 aromatic carbocycles. The predicted molar refractivity (Wildman–Crippen MR) is 86.7 cm³/mol. The highest BCUT2D eigenvalue weighted by molar-refractivity contribution is 5.64. The molecule has 2 aromatic rings. The van der Waals surface area contributed by atoms with Gasteiger partial charge in [-0.3, -0.25) is 0 Å². The number of benzene rings is 2. The molecular weight excluding hydrogens is 297 g/mol. The molecule has 3 heteroatoms. The third-order valence-corrected chi connectivity index (χ3v) is 5.15. The maximum atomic E-state index is 13.9. The van der Waals surface area contributed by atoms with Gasteiger partial charge in [-0.1, -0.05) is 37.6 Å². The largest absolute Gasteiger partial charge is 0.204 e. The second kappa shape index (κ2) is 6.77. The molecule has 1 fully saturated rings. The first kappa shape index (κ1) is 16.1. The van der Waals surface area contributed by atoms with Gasteiger partial charge in [-0.15, -0.1) is 0 Å². The maximum Gasteiger partial charge on any atom is 0.195 e. The Bertz CT molecular complexity index is 668. The fourth-order valence-corrected chi connectivity index (χ4v) is 3.59. The topological polar surface area (TPSA) is 0 Å². The van der Waals surface area contributed by atoms with Gasteiger partial charge < -0.3 is 0 Å². The molecule has 0 aliphatic heterocycles. The first-order valence-corrected chi connectivity index (χ1v) is 8.34. The third kappa shape index (κ3) is 3.29. The van der Waals surface area contributed by atoms with E-state index in [1.165, 1.54) is 43.7 Å². The highest BCUT2D eigenvalue weighted by atomic mass is 19.2. The van der Waals surface area contributed by atoms with Crippen molar-refractivity contribution < 1.29 is 13.2 Å². The zero-order valence-corrected chi connectivity index (χ0v) is 13.3. The molecule has 3 rings (SSSR count). The molecule has 0 radical (unpaired) electrons. The zero-order valence-electron chi connectivity index (χ0n) is 13.3. The highest BCUT2D eigenvalue weighted by Crippen LogP contribution is 2.37. The maximum absolute atomic E-state index is 13.9. The Kier molecular flexibility index (Phi) is 4.74. The summed E-state index contributed by atoms with van der Waals surface area (Å²) in [6, 6.07) is 9.84. The van der Waals surface area contributed by atoms with Crippen LogP contribution in [-0.4, -0.2) is 0 Å². The summed E-state index contributed by atoms with van der Waals surface area (Å²) in [6.07, 6.45) is 6.16. The summed E-state index contributed by atoms with van der Waals surface area (Å²) in [6.45, 7) is 2.25. The van der Waals surface area contributed by atoms with Crippen LogP contribution in [0.2, 0.25) is 0 Å². The summed E-state index contributed by atoms with van der Waals surface area (Å²) in [5.74, 6) is -2.29. The molecule has 0 unspecified atom stereocenters. The number of halogens is 3. The van der Waals surface area contributed by atoms with Gasteiger partial charge in [0.15, 0.2) is 17.5 Å². The lowest BCUT2D eigenvalue weighted by Crippen LogP contribution is -2.12. The first-order valence-electron chi connectivity index (χ1n) is 8.34. The molecule has 0 spiro atoms. The molecule has 0 atom stereocenters. The molecule has 0 N–H and O–H groups in total. The Morgan fingerprint density at radius 3 is 2.09 bits per heavy atom. The standard InChI is InChI=1S/C20H21F3/c1-2-13-3-5-14(6-4-13)15-7-9-16(10-8-15)17-11-12-18(21)20(23)19(17)22/h7-14H,2-6H2,1H3. The predicted octanol–water partition coefficient (Wildman–Crippen LogP) is 6.45.